The fraction of sp³-hybridized carbons (Fsp3) is 0.500. The van der Waals surface area contributed by atoms with Gasteiger partial charge in [-0.3, -0.25) is 10.1 Å². The lowest BCUT2D eigenvalue weighted by atomic mass is 9.93. The molecular formula is C14H15NO8. The van der Waals surface area contributed by atoms with Gasteiger partial charge in [-0.2, -0.15) is 0 Å². The molecule has 1 N–H and O–H groups in total. The van der Waals surface area contributed by atoms with Gasteiger partial charge in [0.1, 0.15) is 5.56 Å². The Kier molecular flexibility index (Phi) is 4.53. The standard InChI is InChI=1S/C14H15NO8/c16-12(17)9-3-1-2-8(11(9)15(18)19)10(13-20-4-5-21-13)14-22-6-7-23-14/h1-3,10,13-14H,4-7H2,(H,16,17). The molecule has 2 fully saturated rings. The smallest absolute Gasteiger partial charge is 0.342 e. The summed E-state index contributed by atoms with van der Waals surface area (Å²) in [6.45, 7) is 1.39. The summed E-state index contributed by atoms with van der Waals surface area (Å²) >= 11 is 0. The first-order valence-corrected chi connectivity index (χ1v) is 7.06. The van der Waals surface area contributed by atoms with E-state index in [0.29, 0.717) is 26.4 Å². The van der Waals surface area contributed by atoms with Crippen LogP contribution in [0.4, 0.5) is 5.69 Å². The van der Waals surface area contributed by atoms with Crippen molar-refractivity contribution in [1.29, 1.82) is 0 Å². The van der Waals surface area contributed by atoms with Crippen LogP contribution in [0.15, 0.2) is 18.2 Å². The third kappa shape index (κ3) is 3.04. The van der Waals surface area contributed by atoms with Crippen molar-refractivity contribution in [3.63, 3.8) is 0 Å². The molecule has 23 heavy (non-hydrogen) atoms. The molecule has 9 heteroatoms. The van der Waals surface area contributed by atoms with E-state index in [1.165, 1.54) is 18.2 Å². The average molecular weight is 325 g/mol. The maximum Gasteiger partial charge on any atom is 0.342 e. The van der Waals surface area contributed by atoms with Crippen LogP contribution in [0.1, 0.15) is 21.8 Å². The van der Waals surface area contributed by atoms with E-state index >= 15 is 0 Å². The summed E-state index contributed by atoms with van der Waals surface area (Å²) in [5, 5.41) is 20.7. The Hall–Kier alpha value is -2.07. The highest BCUT2D eigenvalue weighted by atomic mass is 16.7. The second-order valence-electron chi connectivity index (χ2n) is 5.05. The van der Waals surface area contributed by atoms with Gasteiger partial charge in [-0.05, 0) is 6.07 Å². The molecule has 0 radical (unpaired) electrons. The molecule has 2 aliphatic rings. The maximum atomic E-state index is 11.5. The zero-order chi connectivity index (χ0) is 16.4. The number of nitro benzene ring substituents is 1. The van der Waals surface area contributed by atoms with E-state index in [4.69, 9.17) is 18.9 Å². The molecule has 0 amide bonds. The molecule has 0 atom stereocenters. The minimum absolute atomic E-state index is 0.161. The number of hydrogen-bond acceptors (Lipinski definition) is 7. The molecule has 2 heterocycles. The zero-order valence-electron chi connectivity index (χ0n) is 12.0. The first kappa shape index (κ1) is 15.8. The summed E-state index contributed by atoms with van der Waals surface area (Å²) in [6, 6.07) is 4.11. The molecule has 2 aliphatic heterocycles. The molecule has 124 valence electrons. The summed E-state index contributed by atoms with van der Waals surface area (Å²) in [4.78, 5) is 22.1. The van der Waals surface area contributed by atoms with Gasteiger partial charge in [0.25, 0.3) is 5.69 Å². The fourth-order valence-corrected chi connectivity index (χ4v) is 2.80. The summed E-state index contributed by atoms with van der Waals surface area (Å²) in [5.74, 6) is -2.13. The number of rotatable bonds is 5. The van der Waals surface area contributed by atoms with Crippen LogP contribution in [-0.2, 0) is 18.9 Å². The predicted molar refractivity (Wildman–Crippen MR) is 74.2 cm³/mol. The van der Waals surface area contributed by atoms with Gasteiger partial charge in [-0.15, -0.1) is 0 Å². The molecule has 9 nitrogen and oxygen atoms in total. The van der Waals surface area contributed by atoms with E-state index in [1.54, 1.807) is 0 Å². The summed E-state index contributed by atoms with van der Waals surface area (Å²) in [6.07, 6.45) is -1.58. The van der Waals surface area contributed by atoms with E-state index in [-0.39, 0.29) is 5.56 Å². The topological polar surface area (TPSA) is 117 Å². The summed E-state index contributed by atoms with van der Waals surface area (Å²) in [7, 11) is 0. The number of carbonyl (C=O) groups is 1. The Bertz CT molecular complexity index is 591. The first-order valence-electron chi connectivity index (χ1n) is 7.06. The van der Waals surface area contributed by atoms with Crippen molar-refractivity contribution in [1.82, 2.24) is 0 Å². The molecule has 0 unspecified atom stereocenters. The van der Waals surface area contributed by atoms with E-state index in [2.05, 4.69) is 0 Å². The average Bonchev–Trinajstić information content (AvgIpc) is 3.21. The highest BCUT2D eigenvalue weighted by Gasteiger charge is 2.42. The van der Waals surface area contributed by atoms with Crippen LogP contribution in [0.5, 0.6) is 0 Å². The number of nitro groups is 1. The van der Waals surface area contributed by atoms with Gasteiger partial charge in [-0.25, -0.2) is 4.79 Å². The van der Waals surface area contributed by atoms with Crippen LogP contribution in [0.2, 0.25) is 0 Å². The number of nitrogens with zero attached hydrogens (tertiary/aromatic N) is 1. The number of hydrogen-bond donors (Lipinski definition) is 1. The van der Waals surface area contributed by atoms with Crippen molar-refractivity contribution in [2.75, 3.05) is 26.4 Å². The molecule has 0 saturated carbocycles. The van der Waals surface area contributed by atoms with Gasteiger partial charge in [0, 0.05) is 5.56 Å². The van der Waals surface area contributed by atoms with Gasteiger partial charge in [-0.1, -0.05) is 12.1 Å². The minimum Gasteiger partial charge on any atom is -0.477 e. The minimum atomic E-state index is -1.38. The van der Waals surface area contributed by atoms with Crippen LogP contribution in [-0.4, -0.2) is 55.0 Å². The second kappa shape index (κ2) is 6.59. The fourth-order valence-electron chi connectivity index (χ4n) is 2.80. The monoisotopic (exact) mass is 325 g/mol. The lowest BCUT2D eigenvalue weighted by Crippen LogP contribution is -2.32. The van der Waals surface area contributed by atoms with E-state index in [1.807, 2.05) is 0 Å². The highest BCUT2D eigenvalue weighted by molar-refractivity contribution is 5.93. The molecule has 0 aliphatic carbocycles. The second-order valence-corrected chi connectivity index (χ2v) is 5.05. The van der Waals surface area contributed by atoms with Crippen molar-refractivity contribution in [3.05, 3.63) is 39.4 Å². The van der Waals surface area contributed by atoms with Crippen molar-refractivity contribution < 1.29 is 33.8 Å². The number of carboxylic acid groups (broad SMARTS) is 1. The van der Waals surface area contributed by atoms with Gasteiger partial charge in [0.2, 0.25) is 0 Å². The SMILES string of the molecule is O=C(O)c1cccc(C(C2OCCO2)C2OCCO2)c1[N+](=O)[O-]. The highest BCUT2D eigenvalue weighted by Crippen LogP contribution is 2.39. The van der Waals surface area contributed by atoms with Gasteiger partial charge >= 0.3 is 5.97 Å². The predicted octanol–water partition coefficient (Wildman–Crippen LogP) is 1.12. The third-order valence-electron chi connectivity index (χ3n) is 3.72. The Morgan fingerprint density at radius 2 is 1.65 bits per heavy atom. The van der Waals surface area contributed by atoms with Crippen LogP contribution < -0.4 is 0 Å². The molecule has 1 aromatic carbocycles. The van der Waals surface area contributed by atoms with E-state index in [9.17, 15) is 20.0 Å². The van der Waals surface area contributed by atoms with Gasteiger partial charge in [0.05, 0.1) is 37.3 Å². The maximum absolute atomic E-state index is 11.5. The molecular weight excluding hydrogens is 310 g/mol. The first-order chi connectivity index (χ1) is 11.1. The van der Waals surface area contributed by atoms with Crippen molar-refractivity contribution in [2.45, 2.75) is 18.5 Å². The van der Waals surface area contributed by atoms with Crippen molar-refractivity contribution >= 4 is 11.7 Å². The van der Waals surface area contributed by atoms with Gasteiger partial charge in [0.15, 0.2) is 12.6 Å². The Labute approximate surface area is 130 Å². The largest absolute Gasteiger partial charge is 0.477 e. The number of aromatic carboxylic acids is 1. The van der Waals surface area contributed by atoms with Gasteiger partial charge < -0.3 is 24.1 Å². The van der Waals surface area contributed by atoms with Crippen LogP contribution in [0, 0.1) is 10.1 Å². The van der Waals surface area contributed by atoms with Crippen LogP contribution in [0.3, 0.4) is 0 Å². The lowest BCUT2D eigenvalue weighted by molar-refractivity contribution is -0.386. The Balaban J connectivity index is 2.09. The lowest BCUT2D eigenvalue weighted by Gasteiger charge is -2.26. The molecule has 3 rings (SSSR count). The number of benzene rings is 1. The number of ether oxygens (including phenoxy) is 4. The molecule has 2 saturated heterocycles. The Morgan fingerprint density at radius 3 is 2.09 bits per heavy atom. The number of para-hydroxylation sites is 1. The Morgan fingerprint density at radius 1 is 1.13 bits per heavy atom. The number of carboxylic acids is 1. The van der Waals surface area contributed by atoms with Crippen LogP contribution >= 0.6 is 0 Å². The molecule has 0 spiro atoms. The molecule has 0 bridgehead atoms. The van der Waals surface area contributed by atoms with Crippen molar-refractivity contribution in [3.8, 4) is 0 Å². The molecule has 1 aromatic rings. The zero-order valence-corrected chi connectivity index (χ0v) is 12.0. The van der Waals surface area contributed by atoms with Crippen molar-refractivity contribution in [2.24, 2.45) is 0 Å². The van der Waals surface area contributed by atoms with Crippen LogP contribution in [0.25, 0.3) is 0 Å². The summed E-state index contributed by atoms with van der Waals surface area (Å²) < 4.78 is 21.9. The summed E-state index contributed by atoms with van der Waals surface area (Å²) in [5.41, 5.74) is -0.731. The quantitative estimate of drug-likeness (QED) is 0.632. The normalized spacial score (nSPS) is 19.5. The van der Waals surface area contributed by atoms with E-state index in [0.717, 1.165) is 0 Å². The van der Waals surface area contributed by atoms with E-state index < -0.39 is 40.6 Å². The molecule has 0 aromatic heterocycles. The third-order valence-corrected chi connectivity index (χ3v) is 3.72.